The summed E-state index contributed by atoms with van der Waals surface area (Å²) in [6.45, 7) is 0.832. The van der Waals surface area contributed by atoms with E-state index in [1.165, 1.54) is 0 Å². The molecule has 0 aliphatic heterocycles. The standard InChI is InChI=1S/C11H11Br2N3O/c1-14-5-4-10-15-11(17-16-10)8-6-7(12)2-3-9(8)13/h2-3,6,14H,4-5H2,1H3. The fraction of sp³-hybridized carbons (Fsp3) is 0.273. The molecule has 4 nitrogen and oxygen atoms in total. The van der Waals surface area contributed by atoms with Crippen LogP contribution < -0.4 is 5.32 Å². The summed E-state index contributed by atoms with van der Waals surface area (Å²) in [7, 11) is 1.89. The predicted molar refractivity (Wildman–Crippen MR) is 72.8 cm³/mol. The fourth-order valence-corrected chi connectivity index (χ4v) is 2.14. The molecule has 0 saturated heterocycles. The first kappa shape index (κ1) is 12.7. The zero-order chi connectivity index (χ0) is 12.3. The van der Waals surface area contributed by atoms with E-state index in [9.17, 15) is 0 Å². The number of aromatic nitrogens is 2. The average molecular weight is 361 g/mol. The number of likely N-dealkylation sites (N-methyl/N-ethyl adjacent to an activating group) is 1. The summed E-state index contributed by atoms with van der Waals surface area (Å²) in [6.07, 6.45) is 0.756. The second-order valence-corrected chi connectivity index (χ2v) is 5.26. The Morgan fingerprint density at radius 2 is 2.18 bits per heavy atom. The summed E-state index contributed by atoms with van der Waals surface area (Å²) >= 11 is 6.89. The quantitative estimate of drug-likeness (QED) is 0.910. The van der Waals surface area contributed by atoms with E-state index >= 15 is 0 Å². The van der Waals surface area contributed by atoms with Crippen molar-refractivity contribution in [3.8, 4) is 11.5 Å². The van der Waals surface area contributed by atoms with Crippen molar-refractivity contribution in [1.82, 2.24) is 15.5 Å². The fourth-order valence-electron chi connectivity index (χ4n) is 1.36. The van der Waals surface area contributed by atoms with Crippen LogP contribution in [-0.4, -0.2) is 23.7 Å². The Kier molecular flexibility index (Phi) is 4.31. The van der Waals surface area contributed by atoms with Gasteiger partial charge >= 0.3 is 0 Å². The maximum atomic E-state index is 5.24. The van der Waals surface area contributed by atoms with Crippen molar-refractivity contribution in [1.29, 1.82) is 0 Å². The molecule has 0 fully saturated rings. The largest absolute Gasteiger partial charge is 0.334 e. The minimum atomic E-state index is 0.532. The third kappa shape index (κ3) is 3.14. The van der Waals surface area contributed by atoms with Gasteiger partial charge in [-0.15, -0.1) is 0 Å². The molecule has 0 aliphatic carbocycles. The highest BCUT2D eigenvalue weighted by Gasteiger charge is 2.12. The van der Waals surface area contributed by atoms with Crippen molar-refractivity contribution < 1.29 is 4.52 Å². The monoisotopic (exact) mass is 359 g/mol. The van der Waals surface area contributed by atoms with E-state index in [4.69, 9.17) is 4.52 Å². The van der Waals surface area contributed by atoms with Gasteiger partial charge < -0.3 is 9.84 Å². The molecule has 0 saturated carbocycles. The first-order valence-corrected chi connectivity index (χ1v) is 6.72. The normalized spacial score (nSPS) is 10.8. The van der Waals surface area contributed by atoms with Gasteiger partial charge in [-0.05, 0) is 41.2 Å². The number of nitrogens with one attached hydrogen (secondary N) is 1. The second kappa shape index (κ2) is 5.75. The molecule has 6 heteroatoms. The number of benzene rings is 1. The highest BCUT2D eigenvalue weighted by atomic mass is 79.9. The molecule has 1 N–H and O–H groups in total. The van der Waals surface area contributed by atoms with Crippen LogP contribution in [0.15, 0.2) is 31.7 Å². The number of hydrogen-bond acceptors (Lipinski definition) is 4. The molecule has 0 amide bonds. The van der Waals surface area contributed by atoms with Gasteiger partial charge in [0.2, 0.25) is 0 Å². The van der Waals surface area contributed by atoms with Crippen molar-refractivity contribution in [2.75, 3.05) is 13.6 Å². The van der Waals surface area contributed by atoms with Crippen LogP contribution in [0.25, 0.3) is 11.5 Å². The van der Waals surface area contributed by atoms with Crippen LogP contribution in [0.4, 0.5) is 0 Å². The van der Waals surface area contributed by atoms with Gasteiger partial charge in [0.05, 0.1) is 5.56 Å². The summed E-state index contributed by atoms with van der Waals surface area (Å²) < 4.78 is 7.16. The first-order chi connectivity index (χ1) is 8.20. The van der Waals surface area contributed by atoms with E-state index in [1.807, 2.05) is 25.2 Å². The van der Waals surface area contributed by atoms with E-state index in [0.717, 1.165) is 27.5 Å². The number of rotatable bonds is 4. The lowest BCUT2D eigenvalue weighted by Crippen LogP contribution is -2.10. The minimum Gasteiger partial charge on any atom is -0.334 e. The van der Waals surface area contributed by atoms with Gasteiger partial charge in [-0.3, -0.25) is 0 Å². The lowest BCUT2D eigenvalue weighted by Gasteiger charge is -1.98. The van der Waals surface area contributed by atoms with Crippen molar-refractivity contribution in [3.63, 3.8) is 0 Å². The SMILES string of the molecule is CNCCc1noc(-c2cc(Br)ccc2Br)n1. The highest BCUT2D eigenvalue weighted by Crippen LogP contribution is 2.29. The molecule has 0 spiro atoms. The first-order valence-electron chi connectivity index (χ1n) is 5.13. The molecule has 90 valence electrons. The Bertz CT molecular complexity index is 513. The number of hydrogen-bond donors (Lipinski definition) is 1. The Hall–Kier alpha value is -0.720. The van der Waals surface area contributed by atoms with Crippen LogP contribution in [0, 0.1) is 0 Å². The maximum Gasteiger partial charge on any atom is 0.259 e. The van der Waals surface area contributed by atoms with Gasteiger partial charge in [0.25, 0.3) is 5.89 Å². The van der Waals surface area contributed by atoms with E-state index in [-0.39, 0.29) is 0 Å². The third-order valence-electron chi connectivity index (χ3n) is 2.23. The van der Waals surface area contributed by atoms with E-state index in [0.29, 0.717) is 11.7 Å². The molecule has 1 heterocycles. The van der Waals surface area contributed by atoms with Gasteiger partial charge in [0, 0.05) is 21.9 Å². The summed E-state index contributed by atoms with van der Waals surface area (Å²) in [6, 6.07) is 5.84. The molecule has 17 heavy (non-hydrogen) atoms. The van der Waals surface area contributed by atoms with Crippen LogP contribution in [-0.2, 0) is 6.42 Å². The Labute approximate surface area is 116 Å². The van der Waals surface area contributed by atoms with Crippen molar-refractivity contribution in [3.05, 3.63) is 33.0 Å². The van der Waals surface area contributed by atoms with Crippen molar-refractivity contribution in [2.45, 2.75) is 6.42 Å². The molecule has 0 unspecified atom stereocenters. The Balaban J connectivity index is 2.27. The molecule has 0 bridgehead atoms. The Morgan fingerprint density at radius 3 is 2.94 bits per heavy atom. The lowest BCUT2D eigenvalue weighted by atomic mass is 10.2. The summed E-state index contributed by atoms with van der Waals surface area (Å²) in [5, 5.41) is 6.99. The van der Waals surface area contributed by atoms with Crippen LogP contribution in [0.1, 0.15) is 5.82 Å². The van der Waals surface area contributed by atoms with Gasteiger partial charge in [0.1, 0.15) is 0 Å². The van der Waals surface area contributed by atoms with Gasteiger partial charge in [0.15, 0.2) is 5.82 Å². The lowest BCUT2D eigenvalue weighted by molar-refractivity contribution is 0.422. The molecular formula is C11H11Br2N3O. The zero-order valence-electron chi connectivity index (χ0n) is 9.20. The molecule has 1 aromatic carbocycles. The molecule has 0 aliphatic rings. The molecule has 2 aromatic rings. The molecule has 1 aromatic heterocycles. The summed E-state index contributed by atoms with van der Waals surface area (Å²) in [4.78, 5) is 4.35. The zero-order valence-corrected chi connectivity index (χ0v) is 12.4. The van der Waals surface area contributed by atoms with E-state index in [1.54, 1.807) is 0 Å². The highest BCUT2D eigenvalue weighted by molar-refractivity contribution is 9.11. The number of nitrogens with zero attached hydrogens (tertiary/aromatic N) is 2. The topological polar surface area (TPSA) is 51.0 Å². The molecular weight excluding hydrogens is 350 g/mol. The molecule has 0 atom stereocenters. The molecule has 2 rings (SSSR count). The van der Waals surface area contributed by atoms with Crippen molar-refractivity contribution >= 4 is 31.9 Å². The Morgan fingerprint density at radius 1 is 1.35 bits per heavy atom. The third-order valence-corrected chi connectivity index (χ3v) is 3.41. The van der Waals surface area contributed by atoms with Crippen LogP contribution in [0.2, 0.25) is 0 Å². The van der Waals surface area contributed by atoms with Crippen LogP contribution >= 0.6 is 31.9 Å². The van der Waals surface area contributed by atoms with Gasteiger partial charge in [-0.1, -0.05) is 21.1 Å². The molecule has 0 radical (unpaired) electrons. The van der Waals surface area contributed by atoms with Crippen LogP contribution in [0.5, 0.6) is 0 Å². The smallest absolute Gasteiger partial charge is 0.259 e. The van der Waals surface area contributed by atoms with Crippen LogP contribution in [0.3, 0.4) is 0 Å². The van der Waals surface area contributed by atoms with Gasteiger partial charge in [-0.25, -0.2) is 0 Å². The van der Waals surface area contributed by atoms with Crippen molar-refractivity contribution in [2.24, 2.45) is 0 Å². The summed E-state index contributed by atoms with van der Waals surface area (Å²) in [5.74, 6) is 1.24. The second-order valence-electron chi connectivity index (χ2n) is 3.49. The average Bonchev–Trinajstić information content (AvgIpc) is 2.78. The maximum absolute atomic E-state index is 5.24. The van der Waals surface area contributed by atoms with E-state index < -0.39 is 0 Å². The number of halogens is 2. The van der Waals surface area contributed by atoms with E-state index in [2.05, 4.69) is 47.3 Å². The predicted octanol–water partition coefficient (Wildman–Crippen LogP) is 3.02. The van der Waals surface area contributed by atoms with Gasteiger partial charge in [-0.2, -0.15) is 4.98 Å². The summed E-state index contributed by atoms with van der Waals surface area (Å²) in [5.41, 5.74) is 0.891. The minimum absolute atomic E-state index is 0.532.